The summed E-state index contributed by atoms with van der Waals surface area (Å²) in [7, 11) is 5.82. The van der Waals surface area contributed by atoms with Crippen molar-refractivity contribution in [2.45, 2.75) is 19.9 Å². The number of aryl methyl sites for hydroxylation is 2. The third-order valence-electron chi connectivity index (χ3n) is 5.46. The molecule has 8 heteroatoms. The van der Waals surface area contributed by atoms with E-state index in [9.17, 15) is 4.79 Å². The van der Waals surface area contributed by atoms with Crippen LogP contribution in [0.4, 0.5) is 11.5 Å². The highest BCUT2D eigenvalue weighted by atomic mass is 16.2. The van der Waals surface area contributed by atoms with Crippen LogP contribution in [0.3, 0.4) is 0 Å². The molecule has 0 saturated heterocycles. The fraction of sp³-hybridized carbons (Fsp3) is 0.381. The lowest BCUT2D eigenvalue weighted by Crippen LogP contribution is -2.35. The topological polar surface area (TPSA) is 71.2 Å². The number of fused-ring (bicyclic) bond motifs is 1. The smallest absolute Gasteiger partial charge is 0.219 e. The zero-order valence-corrected chi connectivity index (χ0v) is 17.4. The van der Waals surface area contributed by atoms with Gasteiger partial charge in [0.1, 0.15) is 0 Å². The molecule has 0 spiro atoms. The zero-order chi connectivity index (χ0) is 20.5. The predicted octanol–water partition coefficient (Wildman–Crippen LogP) is 2.04. The van der Waals surface area contributed by atoms with Gasteiger partial charge < -0.3 is 15.1 Å². The third-order valence-corrected chi connectivity index (χ3v) is 5.46. The summed E-state index contributed by atoms with van der Waals surface area (Å²) in [5.41, 5.74) is 5.59. The molecule has 0 radical (unpaired) electrons. The predicted molar refractivity (Wildman–Crippen MR) is 113 cm³/mol. The van der Waals surface area contributed by atoms with Gasteiger partial charge in [0.2, 0.25) is 5.91 Å². The van der Waals surface area contributed by atoms with Gasteiger partial charge in [-0.15, -0.1) is 0 Å². The van der Waals surface area contributed by atoms with Crippen LogP contribution in [0, 0.1) is 0 Å². The molecular weight excluding hydrogens is 366 g/mol. The van der Waals surface area contributed by atoms with Gasteiger partial charge in [-0.05, 0) is 24.7 Å². The van der Waals surface area contributed by atoms with Gasteiger partial charge in [-0.1, -0.05) is 12.1 Å². The van der Waals surface area contributed by atoms with Crippen LogP contribution >= 0.6 is 0 Å². The van der Waals surface area contributed by atoms with E-state index in [0.29, 0.717) is 13.2 Å². The first-order valence-corrected chi connectivity index (χ1v) is 9.79. The lowest BCUT2D eigenvalue weighted by molar-refractivity contribution is -0.129. The van der Waals surface area contributed by atoms with Crippen molar-refractivity contribution >= 4 is 17.4 Å². The molecule has 8 nitrogen and oxygen atoms in total. The highest BCUT2D eigenvalue weighted by molar-refractivity contribution is 5.75. The largest absolute Gasteiger partial charge is 0.338 e. The second-order valence-corrected chi connectivity index (χ2v) is 7.45. The van der Waals surface area contributed by atoms with Crippen LogP contribution in [0.2, 0.25) is 0 Å². The van der Waals surface area contributed by atoms with Gasteiger partial charge >= 0.3 is 0 Å². The first-order chi connectivity index (χ1) is 14.0. The minimum absolute atomic E-state index is 0.103. The summed E-state index contributed by atoms with van der Waals surface area (Å²) in [6, 6.07) is 8.41. The van der Waals surface area contributed by atoms with Crippen molar-refractivity contribution in [2.24, 2.45) is 14.1 Å². The van der Waals surface area contributed by atoms with Crippen LogP contribution in [0.5, 0.6) is 0 Å². The van der Waals surface area contributed by atoms with Gasteiger partial charge in [0.15, 0.2) is 5.82 Å². The molecule has 0 aliphatic carbocycles. The monoisotopic (exact) mass is 393 g/mol. The second-order valence-electron chi connectivity index (χ2n) is 7.45. The Balaban J connectivity index is 1.69. The summed E-state index contributed by atoms with van der Waals surface area (Å²) >= 11 is 0. The number of rotatable bonds is 5. The molecule has 3 aromatic rings. The Labute approximate surface area is 170 Å². The van der Waals surface area contributed by atoms with Crippen LogP contribution in [0.1, 0.15) is 18.2 Å². The molecule has 1 N–H and O–H groups in total. The van der Waals surface area contributed by atoms with Crippen LogP contribution in [0.25, 0.3) is 11.1 Å². The van der Waals surface area contributed by atoms with Gasteiger partial charge in [-0.25, -0.2) is 0 Å². The molecule has 0 bridgehead atoms. The quantitative estimate of drug-likeness (QED) is 0.672. The van der Waals surface area contributed by atoms with E-state index in [1.165, 1.54) is 5.69 Å². The van der Waals surface area contributed by atoms with E-state index in [4.69, 9.17) is 5.10 Å². The summed E-state index contributed by atoms with van der Waals surface area (Å²) in [5, 5.41) is 12.3. The zero-order valence-electron chi connectivity index (χ0n) is 17.4. The van der Waals surface area contributed by atoms with Crippen molar-refractivity contribution in [1.82, 2.24) is 29.8 Å². The first kappa shape index (κ1) is 19.2. The summed E-state index contributed by atoms with van der Waals surface area (Å²) in [4.78, 5) is 16.0. The average Bonchev–Trinajstić information content (AvgIpc) is 3.29. The van der Waals surface area contributed by atoms with E-state index in [0.717, 1.165) is 41.2 Å². The standard InChI is InChI=1S/C21H27N7O/c1-15(29)27-10-9-20-19(13-27)21(24-26(20)4)28(14-22-2)18-7-5-16(6-8-18)17-11-23-25(3)12-17/h5-8,11-12,22H,9-10,13-14H2,1-4H3. The maximum Gasteiger partial charge on any atom is 0.219 e. The van der Waals surface area contributed by atoms with E-state index in [1.54, 1.807) is 11.6 Å². The van der Waals surface area contributed by atoms with E-state index >= 15 is 0 Å². The first-order valence-electron chi connectivity index (χ1n) is 9.79. The Bertz CT molecular complexity index is 1020. The maximum absolute atomic E-state index is 11.9. The molecular formula is C21H27N7O. The van der Waals surface area contributed by atoms with Crippen LogP contribution in [-0.2, 0) is 31.9 Å². The normalized spacial score (nSPS) is 13.4. The lowest BCUT2D eigenvalue weighted by Gasteiger charge is -2.29. The molecule has 29 heavy (non-hydrogen) atoms. The van der Waals surface area contributed by atoms with E-state index < -0.39 is 0 Å². The number of nitrogens with one attached hydrogen (secondary N) is 1. The number of nitrogens with zero attached hydrogens (tertiary/aromatic N) is 6. The molecule has 4 rings (SSSR count). The fourth-order valence-electron chi connectivity index (χ4n) is 3.91. The number of aromatic nitrogens is 4. The number of amides is 1. The molecule has 0 atom stereocenters. The SMILES string of the molecule is CNCN(c1ccc(-c2cnn(C)c2)cc1)c1nn(C)c2c1CN(C(C)=O)CC2. The molecule has 1 aromatic carbocycles. The summed E-state index contributed by atoms with van der Waals surface area (Å²) in [5.74, 6) is 1.00. The molecule has 2 aromatic heterocycles. The third kappa shape index (κ3) is 3.63. The minimum atomic E-state index is 0.103. The second kappa shape index (κ2) is 7.71. The van der Waals surface area contributed by atoms with Gasteiger partial charge in [0, 0.05) is 62.7 Å². The van der Waals surface area contributed by atoms with Crippen molar-refractivity contribution in [3.63, 3.8) is 0 Å². The summed E-state index contributed by atoms with van der Waals surface area (Å²) < 4.78 is 3.76. The van der Waals surface area contributed by atoms with E-state index in [1.807, 2.05) is 43.1 Å². The number of anilines is 2. The highest BCUT2D eigenvalue weighted by Crippen LogP contribution is 2.33. The number of benzene rings is 1. The van der Waals surface area contributed by atoms with Gasteiger partial charge in [-0.3, -0.25) is 14.2 Å². The number of carbonyl (C=O) groups excluding carboxylic acids is 1. The Morgan fingerprint density at radius 1 is 1.21 bits per heavy atom. The van der Waals surface area contributed by atoms with Gasteiger partial charge in [0.25, 0.3) is 0 Å². The van der Waals surface area contributed by atoms with Crippen LogP contribution < -0.4 is 10.2 Å². The molecule has 152 valence electrons. The maximum atomic E-state index is 11.9. The molecule has 0 unspecified atom stereocenters. The number of hydrogen-bond donors (Lipinski definition) is 1. The molecule has 0 saturated carbocycles. The Kier molecular flexibility index (Phi) is 5.10. The van der Waals surface area contributed by atoms with Crippen molar-refractivity contribution in [3.05, 3.63) is 47.9 Å². The summed E-state index contributed by atoms with van der Waals surface area (Å²) in [6.45, 7) is 3.59. The number of carbonyl (C=O) groups is 1. The number of hydrogen-bond acceptors (Lipinski definition) is 5. The van der Waals surface area contributed by atoms with Crippen LogP contribution in [-0.4, -0.2) is 50.6 Å². The van der Waals surface area contributed by atoms with Crippen molar-refractivity contribution in [1.29, 1.82) is 0 Å². The van der Waals surface area contributed by atoms with E-state index in [-0.39, 0.29) is 5.91 Å². The molecule has 1 aliphatic heterocycles. The fourth-order valence-corrected chi connectivity index (χ4v) is 3.91. The molecule has 3 heterocycles. The van der Waals surface area contributed by atoms with Crippen LogP contribution in [0.15, 0.2) is 36.7 Å². The van der Waals surface area contributed by atoms with Gasteiger partial charge in [-0.2, -0.15) is 10.2 Å². The van der Waals surface area contributed by atoms with Crippen molar-refractivity contribution in [3.8, 4) is 11.1 Å². The molecule has 1 aliphatic rings. The van der Waals surface area contributed by atoms with Crippen molar-refractivity contribution < 1.29 is 4.79 Å². The highest BCUT2D eigenvalue weighted by Gasteiger charge is 2.28. The minimum Gasteiger partial charge on any atom is -0.338 e. The Hall–Kier alpha value is -3.13. The molecule has 1 amide bonds. The Morgan fingerprint density at radius 3 is 2.59 bits per heavy atom. The lowest BCUT2D eigenvalue weighted by atomic mass is 10.1. The van der Waals surface area contributed by atoms with E-state index in [2.05, 4.69) is 39.6 Å². The van der Waals surface area contributed by atoms with Crippen molar-refractivity contribution in [2.75, 3.05) is 25.2 Å². The summed E-state index contributed by atoms with van der Waals surface area (Å²) in [6.07, 6.45) is 4.70. The average molecular weight is 393 g/mol. The molecule has 0 fully saturated rings. The van der Waals surface area contributed by atoms with Gasteiger partial charge in [0.05, 0.1) is 19.4 Å². The Morgan fingerprint density at radius 2 is 1.97 bits per heavy atom.